The first-order chi connectivity index (χ1) is 12.7. The molecule has 3 heterocycles. The third-order valence-corrected chi connectivity index (χ3v) is 5.21. The number of aliphatic imine (C=N–C) groups is 1. The number of fused-ring (bicyclic) bond motifs is 1. The zero-order valence-corrected chi connectivity index (χ0v) is 15.1. The first kappa shape index (κ1) is 16.7. The zero-order valence-electron chi connectivity index (χ0n) is 14.3. The van der Waals surface area contributed by atoms with Gasteiger partial charge in [-0.1, -0.05) is 48.2 Å². The van der Waals surface area contributed by atoms with Gasteiger partial charge in [-0.15, -0.1) is 0 Å². The number of aromatic nitrogens is 2. The van der Waals surface area contributed by atoms with E-state index >= 15 is 0 Å². The molecule has 0 fully saturated rings. The predicted octanol–water partition coefficient (Wildman–Crippen LogP) is 3.68. The van der Waals surface area contributed by atoms with Crippen LogP contribution in [0.5, 0.6) is 0 Å². The highest BCUT2D eigenvalue weighted by Gasteiger charge is 2.34. The van der Waals surface area contributed by atoms with Crippen LogP contribution in [0.4, 0.5) is 0 Å². The van der Waals surface area contributed by atoms with E-state index in [-0.39, 0.29) is 17.9 Å². The van der Waals surface area contributed by atoms with Crippen molar-refractivity contribution in [3.63, 3.8) is 0 Å². The fraction of sp³-hybridized carbons (Fsp3) is 0.200. The van der Waals surface area contributed by atoms with Gasteiger partial charge in [0.25, 0.3) is 0 Å². The molecule has 1 aromatic carbocycles. The molecule has 0 saturated heterocycles. The second-order valence-electron chi connectivity index (χ2n) is 6.12. The Balaban J connectivity index is 1.48. The molecule has 0 saturated carbocycles. The Morgan fingerprint density at radius 2 is 2.04 bits per heavy atom. The van der Waals surface area contributed by atoms with E-state index in [2.05, 4.69) is 21.8 Å². The van der Waals surface area contributed by atoms with Gasteiger partial charge >= 0.3 is 0 Å². The SMILES string of the molecule is CC1N=C2C=CC=CN2C1c1ccnc(SCC(=O)c2ccccc2)n1. The highest BCUT2D eigenvalue weighted by molar-refractivity contribution is 7.99. The van der Waals surface area contributed by atoms with Crippen molar-refractivity contribution in [3.8, 4) is 0 Å². The van der Waals surface area contributed by atoms with E-state index in [4.69, 9.17) is 4.99 Å². The molecule has 0 aliphatic carbocycles. The van der Waals surface area contributed by atoms with Crippen molar-refractivity contribution in [1.82, 2.24) is 14.9 Å². The molecule has 130 valence electrons. The van der Waals surface area contributed by atoms with Crippen molar-refractivity contribution in [1.29, 1.82) is 0 Å². The third kappa shape index (κ3) is 3.32. The Kier molecular flexibility index (Phi) is 4.67. The molecular formula is C20H18N4OS. The number of hydrogen-bond donors (Lipinski definition) is 0. The Morgan fingerprint density at radius 1 is 1.19 bits per heavy atom. The number of carbonyl (C=O) groups is 1. The van der Waals surface area contributed by atoms with Gasteiger partial charge in [0, 0.05) is 18.0 Å². The van der Waals surface area contributed by atoms with Gasteiger partial charge in [0.1, 0.15) is 5.84 Å². The quantitative estimate of drug-likeness (QED) is 0.461. The number of benzene rings is 1. The van der Waals surface area contributed by atoms with Gasteiger partial charge in [-0.05, 0) is 25.1 Å². The van der Waals surface area contributed by atoms with Crippen molar-refractivity contribution >= 4 is 23.4 Å². The van der Waals surface area contributed by atoms with Crippen LogP contribution in [0, 0.1) is 0 Å². The summed E-state index contributed by atoms with van der Waals surface area (Å²) in [5.41, 5.74) is 1.63. The predicted molar refractivity (Wildman–Crippen MR) is 103 cm³/mol. The van der Waals surface area contributed by atoms with E-state index in [1.807, 2.05) is 60.8 Å². The number of thioether (sulfide) groups is 1. The van der Waals surface area contributed by atoms with E-state index < -0.39 is 0 Å². The van der Waals surface area contributed by atoms with Gasteiger partial charge < -0.3 is 4.90 Å². The van der Waals surface area contributed by atoms with E-state index in [9.17, 15) is 4.79 Å². The van der Waals surface area contributed by atoms with Gasteiger partial charge in [-0.3, -0.25) is 9.79 Å². The van der Waals surface area contributed by atoms with Crippen LogP contribution in [-0.2, 0) is 0 Å². The standard InChI is InChI=1S/C20H18N4OS/c1-14-19(24-12-6-5-9-18(24)22-14)16-10-11-21-20(23-16)26-13-17(25)15-7-3-2-4-8-15/h2-12,14,19H,13H2,1H3. The average Bonchev–Trinajstić information content (AvgIpc) is 3.02. The smallest absolute Gasteiger partial charge is 0.188 e. The first-order valence-electron chi connectivity index (χ1n) is 8.47. The lowest BCUT2D eigenvalue weighted by molar-refractivity contribution is 0.102. The van der Waals surface area contributed by atoms with E-state index in [0.717, 1.165) is 11.5 Å². The summed E-state index contributed by atoms with van der Waals surface area (Å²) in [4.78, 5) is 28.1. The summed E-state index contributed by atoms with van der Waals surface area (Å²) in [5, 5.41) is 0.615. The minimum atomic E-state index is 0.0541. The highest BCUT2D eigenvalue weighted by atomic mass is 32.2. The molecule has 2 aromatic rings. The van der Waals surface area contributed by atoms with Gasteiger partial charge in [-0.2, -0.15) is 0 Å². The molecule has 2 unspecified atom stereocenters. The van der Waals surface area contributed by atoms with E-state index in [1.165, 1.54) is 11.8 Å². The van der Waals surface area contributed by atoms with E-state index in [1.54, 1.807) is 6.20 Å². The maximum Gasteiger partial charge on any atom is 0.188 e. The van der Waals surface area contributed by atoms with Crippen molar-refractivity contribution in [2.75, 3.05) is 5.75 Å². The Labute approximate surface area is 156 Å². The maximum atomic E-state index is 12.3. The minimum absolute atomic E-state index is 0.0541. The largest absolute Gasteiger partial charge is 0.322 e. The normalized spacial score (nSPS) is 20.8. The summed E-state index contributed by atoms with van der Waals surface area (Å²) in [5.74, 6) is 1.35. The second-order valence-corrected chi connectivity index (χ2v) is 7.07. The fourth-order valence-corrected chi connectivity index (χ4v) is 3.85. The third-order valence-electron chi connectivity index (χ3n) is 4.35. The van der Waals surface area contributed by atoms with Crippen molar-refractivity contribution in [2.24, 2.45) is 4.99 Å². The second kappa shape index (κ2) is 7.25. The summed E-state index contributed by atoms with van der Waals surface area (Å²) < 4.78 is 0. The fourth-order valence-electron chi connectivity index (χ4n) is 3.12. The monoisotopic (exact) mass is 362 g/mol. The zero-order chi connectivity index (χ0) is 17.9. The number of ketones is 1. The van der Waals surface area contributed by atoms with Gasteiger partial charge in [0.05, 0.1) is 23.5 Å². The van der Waals surface area contributed by atoms with Crippen LogP contribution < -0.4 is 0 Å². The van der Waals surface area contributed by atoms with Gasteiger partial charge in [0.15, 0.2) is 10.9 Å². The number of hydrogen-bond acceptors (Lipinski definition) is 6. The molecule has 2 atom stereocenters. The summed E-state index contributed by atoms with van der Waals surface area (Å²) >= 11 is 1.37. The Bertz CT molecular complexity index is 907. The lowest BCUT2D eigenvalue weighted by Crippen LogP contribution is -2.28. The molecule has 26 heavy (non-hydrogen) atoms. The first-order valence-corrected chi connectivity index (χ1v) is 9.46. The molecule has 4 rings (SSSR count). The van der Waals surface area contributed by atoms with Gasteiger partial charge in [0.2, 0.25) is 0 Å². The number of rotatable bonds is 5. The molecule has 1 aromatic heterocycles. The number of nitrogens with zero attached hydrogens (tertiary/aromatic N) is 4. The molecule has 0 N–H and O–H groups in total. The molecule has 2 aliphatic rings. The molecule has 0 radical (unpaired) electrons. The van der Waals surface area contributed by atoms with Crippen molar-refractivity contribution in [2.45, 2.75) is 24.2 Å². The minimum Gasteiger partial charge on any atom is -0.322 e. The molecular weight excluding hydrogens is 344 g/mol. The maximum absolute atomic E-state index is 12.3. The van der Waals surface area contributed by atoms with Crippen LogP contribution in [0.2, 0.25) is 0 Å². The van der Waals surface area contributed by atoms with Crippen LogP contribution >= 0.6 is 11.8 Å². The summed E-state index contributed by atoms with van der Waals surface area (Å²) in [7, 11) is 0. The molecule has 0 spiro atoms. The lowest BCUT2D eigenvalue weighted by Gasteiger charge is -2.26. The van der Waals surface area contributed by atoms with Crippen LogP contribution in [0.25, 0.3) is 0 Å². The topological polar surface area (TPSA) is 58.5 Å². The van der Waals surface area contributed by atoms with Crippen LogP contribution in [0.15, 0.2) is 77.2 Å². The molecule has 6 heteroatoms. The van der Waals surface area contributed by atoms with Crippen molar-refractivity contribution < 1.29 is 4.79 Å². The lowest BCUT2D eigenvalue weighted by atomic mass is 10.1. The average molecular weight is 362 g/mol. The van der Waals surface area contributed by atoms with Crippen LogP contribution in [0.1, 0.15) is 29.0 Å². The van der Waals surface area contributed by atoms with E-state index in [0.29, 0.717) is 16.5 Å². The number of amidine groups is 1. The van der Waals surface area contributed by atoms with Crippen LogP contribution in [0.3, 0.4) is 0 Å². The summed E-state index contributed by atoms with van der Waals surface area (Å²) in [6.07, 6.45) is 9.78. The molecule has 0 amide bonds. The summed E-state index contributed by atoms with van der Waals surface area (Å²) in [6.45, 7) is 2.09. The van der Waals surface area contributed by atoms with Crippen LogP contribution in [-0.4, -0.2) is 38.3 Å². The number of allylic oxidation sites excluding steroid dienone is 2. The number of Topliss-reactive ketones (excluding diaryl/α,β-unsaturated/α-hetero) is 1. The Hall–Kier alpha value is -2.73. The Morgan fingerprint density at radius 3 is 2.88 bits per heavy atom. The number of carbonyl (C=O) groups excluding carboxylic acids is 1. The highest BCUT2D eigenvalue weighted by Crippen LogP contribution is 2.33. The van der Waals surface area contributed by atoms with Gasteiger partial charge in [-0.25, -0.2) is 9.97 Å². The van der Waals surface area contributed by atoms with Crippen molar-refractivity contribution in [3.05, 3.63) is 78.3 Å². The summed E-state index contributed by atoms with van der Waals surface area (Å²) in [6, 6.07) is 11.4. The molecule has 0 bridgehead atoms. The molecule has 5 nitrogen and oxygen atoms in total. The molecule has 2 aliphatic heterocycles.